The third-order valence-corrected chi connectivity index (χ3v) is 8.44. The Labute approximate surface area is 235 Å². The van der Waals surface area contributed by atoms with Crippen molar-refractivity contribution in [1.29, 1.82) is 0 Å². The van der Waals surface area contributed by atoms with Gasteiger partial charge in [0.25, 0.3) is 0 Å². The van der Waals surface area contributed by atoms with Crippen LogP contribution in [-0.4, -0.2) is 62.8 Å². The summed E-state index contributed by atoms with van der Waals surface area (Å²) in [5.74, 6) is 1.90. The standard InChI is InChI=1S/C29H42ClN3O3.C2H6/c1-20-21(2)28(36-17-7-14-31-22(3)34)11-6-9-25(20)27-10-5-8-24-19-32(15-16-33(24)27)23-12-13-26(30)29(18-23)35-4;1-2/h12-13,18,24,27H,5-11,14-17,19H2,1-4H3,(H,31,34);1-2H3. The number of hydrogen-bond donors (Lipinski definition) is 1. The van der Waals surface area contributed by atoms with Crippen molar-refractivity contribution in [2.75, 3.05) is 44.8 Å². The minimum atomic E-state index is 0.0165. The van der Waals surface area contributed by atoms with Gasteiger partial charge in [0.2, 0.25) is 5.91 Å². The molecule has 0 saturated carbocycles. The molecule has 1 aliphatic carbocycles. The number of allylic oxidation sites excluding steroid dienone is 3. The molecule has 0 spiro atoms. The largest absolute Gasteiger partial charge is 0.498 e. The highest BCUT2D eigenvalue weighted by atomic mass is 35.5. The minimum Gasteiger partial charge on any atom is -0.498 e. The first-order chi connectivity index (χ1) is 18.4. The van der Waals surface area contributed by atoms with E-state index in [1.54, 1.807) is 19.6 Å². The summed E-state index contributed by atoms with van der Waals surface area (Å²) < 4.78 is 11.7. The Morgan fingerprint density at radius 3 is 2.63 bits per heavy atom. The number of carbonyl (C=O) groups is 1. The lowest BCUT2D eigenvalue weighted by Gasteiger charge is -2.50. The Kier molecular flexibility index (Phi) is 11.9. The van der Waals surface area contributed by atoms with Crippen LogP contribution in [0.15, 0.2) is 40.7 Å². The molecule has 0 aromatic heterocycles. The zero-order chi connectivity index (χ0) is 27.7. The van der Waals surface area contributed by atoms with Gasteiger partial charge in [-0.3, -0.25) is 9.69 Å². The average molecular weight is 546 g/mol. The van der Waals surface area contributed by atoms with E-state index >= 15 is 0 Å². The molecule has 3 aliphatic rings. The first kappa shape index (κ1) is 30.4. The Bertz CT molecular complexity index is 1010. The molecule has 6 nitrogen and oxygen atoms in total. The second kappa shape index (κ2) is 14.8. The van der Waals surface area contributed by atoms with Gasteiger partial charge in [-0.25, -0.2) is 0 Å². The number of amides is 1. The summed E-state index contributed by atoms with van der Waals surface area (Å²) in [6.07, 6.45) is 7.88. The minimum absolute atomic E-state index is 0.0165. The number of rotatable bonds is 8. The summed E-state index contributed by atoms with van der Waals surface area (Å²) in [5.41, 5.74) is 5.56. The molecule has 2 unspecified atom stereocenters. The highest BCUT2D eigenvalue weighted by molar-refractivity contribution is 6.32. The van der Waals surface area contributed by atoms with Crippen LogP contribution in [0.5, 0.6) is 5.75 Å². The molecule has 4 rings (SSSR count). The van der Waals surface area contributed by atoms with Crippen LogP contribution in [0.25, 0.3) is 0 Å². The first-order valence-corrected chi connectivity index (χ1v) is 14.9. The fourth-order valence-electron chi connectivity index (χ4n) is 6.10. The monoisotopic (exact) mass is 545 g/mol. The number of halogens is 1. The lowest BCUT2D eigenvalue weighted by Crippen LogP contribution is -2.59. The molecule has 1 N–H and O–H groups in total. The molecule has 7 heteroatoms. The number of nitrogens with zero attached hydrogens (tertiary/aromatic N) is 2. The summed E-state index contributed by atoms with van der Waals surface area (Å²) in [6.45, 7) is 14.5. The molecule has 2 atom stereocenters. The smallest absolute Gasteiger partial charge is 0.216 e. The van der Waals surface area contributed by atoms with E-state index in [1.807, 2.05) is 19.9 Å². The molecule has 2 heterocycles. The van der Waals surface area contributed by atoms with Crippen LogP contribution in [0.1, 0.15) is 79.6 Å². The van der Waals surface area contributed by atoms with E-state index < -0.39 is 0 Å². The first-order valence-electron chi connectivity index (χ1n) is 14.5. The number of hydrogen-bond acceptors (Lipinski definition) is 5. The van der Waals surface area contributed by atoms with E-state index in [0.717, 1.165) is 56.8 Å². The zero-order valence-electron chi connectivity index (χ0n) is 24.4. The summed E-state index contributed by atoms with van der Waals surface area (Å²) in [5, 5.41) is 3.51. The van der Waals surface area contributed by atoms with Crippen LogP contribution in [0.2, 0.25) is 5.02 Å². The molecule has 212 valence electrons. The third kappa shape index (κ3) is 7.47. The van der Waals surface area contributed by atoms with Gasteiger partial charge in [-0.15, -0.1) is 0 Å². The van der Waals surface area contributed by atoms with Gasteiger partial charge in [-0.2, -0.15) is 0 Å². The van der Waals surface area contributed by atoms with Crippen LogP contribution >= 0.6 is 11.6 Å². The predicted octanol–water partition coefficient (Wildman–Crippen LogP) is 6.74. The van der Waals surface area contributed by atoms with Gasteiger partial charge in [0.15, 0.2) is 0 Å². The average Bonchev–Trinajstić information content (AvgIpc) is 3.07. The molecule has 0 bridgehead atoms. The molecule has 1 amide bonds. The highest BCUT2D eigenvalue weighted by Crippen LogP contribution is 2.39. The Morgan fingerprint density at radius 2 is 1.89 bits per heavy atom. The number of piperazine rings is 1. The lowest BCUT2D eigenvalue weighted by molar-refractivity contribution is -0.118. The zero-order valence-corrected chi connectivity index (χ0v) is 25.1. The van der Waals surface area contributed by atoms with E-state index in [1.165, 1.54) is 36.1 Å². The number of anilines is 1. The van der Waals surface area contributed by atoms with Crippen molar-refractivity contribution in [1.82, 2.24) is 10.2 Å². The number of methoxy groups -OCH3 is 1. The fraction of sp³-hybridized carbons (Fsp3) is 0.645. The van der Waals surface area contributed by atoms with Crippen molar-refractivity contribution in [3.05, 3.63) is 45.7 Å². The Balaban J connectivity index is 0.00000195. The highest BCUT2D eigenvalue weighted by Gasteiger charge is 2.37. The van der Waals surface area contributed by atoms with Crippen molar-refractivity contribution < 1.29 is 14.3 Å². The Hall–Kier alpha value is -2.18. The normalized spacial score (nSPS) is 22.2. The topological polar surface area (TPSA) is 54.0 Å². The number of ether oxygens (including phenoxy) is 2. The number of piperidine rings is 1. The summed E-state index contributed by atoms with van der Waals surface area (Å²) in [6, 6.07) is 7.23. The molecule has 38 heavy (non-hydrogen) atoms. The van der Waals surface area contributed by atoms with Gasteiger partial charge in [0.1, 0.15) is 5.75 Å². The maximum Gasteiger partial charge on any atom is 0.216 e. The second-order valence-electron chi connectivity index (χ2n) is 10.3. The van der Waals surface area contributed by atoms with Gasteiger partial charge >= 0.3 is 0 Å². The van der Waals surface area contributed by atoms with Crippen molar-refractivity contribution >= 4 is 23.2 Å². The second-order valence-corrected chi connectivity index (χ2v) is 10.7. The van der Waals surface area contributed by atoms with E-state index in [0.29, 0.717) is 30.3 Å². The summed E-state index contributed by atoms with van der Waals surface area (Å²) in [4.78, 5) is 16.4. The maximum absolute atomic E-state index is 11.1. The fourth-order valence-corrected chi connectivity index (χ4v) is 6.29. The SMILES string of the molecule is CC.COc1cc(N2CCN3C(CCCC3C3=C(C)C(C)=C(OCCCNC(C)=O)CCC3)C2)ccc1Cl. The van der Waals surface area contributed by atoms with Crippen molar-refractivity contribution in [3.63, 3.8) is 0 Å². The van der Waals surface area contributed by atoms with Crippen molar-refractivity contribution in [2.24, 2.45) is 0 Å². The van der Waals surface area contributed by atoms with Crippen LogP contribution in [0, 0.1) is 0 Å². The molecule has 2 aliphatic heterocycles. The molecular weight excluding hydrogens is 498 g/mol. The molecular formula is C31H48ClN3O3. The molecule has 2 fully saturated rings. The van der Waals surface area contributed by atoms with Crippen LogP contribution in [0.3, 0.4) is 0 Å². The number of carbonyl (C=O) groups excluding carboxylic acids is 1. The lowest BCUT2D eigenvalue weighted by atomic mass is 9.85. The van der Waals surface area contributed by atoms with Gasteiger partial charge in [-0.05, 0) is 81.2 Å². The van der Waals surface area contributed by atoms with Gasteiger partial charge in [0.05, 0.1) is 24.5 Å². The van der Waals surface area contributed by atoms with E-state index in [2.05, 4.69) is 41.1 Å². The third-order valence-electron chi connectivity index (χ3n) is 8.13. The van der Waals surface area contributed by atoms with Crippen molar-refractivity contribution in [3.8, 4) is 5.75 Å². The van der Waals surface area contributed by atoms with Crippen molar-refractivity contribution in [2.45, 2.75) is 91.6 Å². The van der Waals surface area contributed by atoms with Crippen LogP contribution in [0.4, 0.5) is 5.69 Å². The van der Waals surface area contributed by atoms with E-state index in [9.17, 15) is 4.79 Å². The van der Waals surface area contributed by atoms with E-state index in [4.69, 9.17) is 21.1 Å². The summed E-state index contributed by atoms with van der Waals surface area (Å²) in [7, 11) is 1.68. The maximum atomic E-state index is 11.1. The molecule has 0 radical (unpaired) electrons. The summed E-state index contributed by atoms with van der Waals surface area (Å²) >= 11 is 6.27. The van der Waals surface area contributed by atoms with Gasteiger partial charge in [-0.1, -0.05) is 25.4 Å². The molecule has 2 saturated heterocycles. The van der Waals surface area contributed by atoms with Gasteiger partial charge in [0, 0.05) is 63.4 Å². The Morgan fingerprint density at radius 1 is 1.11 bits per heavy atom. The molecule has 1 aromatic carbocycles. The van der Waals surface area contributed by atoms with E-state index in [-0.39, 0.29) is 5.91 Å². The number of nitrogens with one attached hydrogen (secondary N) is 1. The van der Waals surface area contributed by atoms with Crippen LogP contribution in [-0.2, 0) is 9.53 Å². The quantitative estimate of drug-likeness (QED) is 0.367. The number of benzene rings is 1. The predicted molar refractivity (Wildman–Crippen MR) is 158 cm³/mol. The van der Waals surface area contributed by atoms with Gasteiger partial charge < -0.3 is 19.7 Å². The van der Waals surface area contributed by atoms with Crippen LogP contribution < -0.4 is 15.0 Å². The molecule has 1 aromatic rings. The number of fused-ring (bicyclic) bond motifs is 1.